The number of likely N-dealkylation sites (tertiary alicyclic amines) is 1. The van der Waals surface area contributed by atoms with Crippen LogP contribution in [0.3, 0.4) is 0 Å². The van der Waals surface area contributed by atoms with Crippen LogP contribution in [0.5, 0.6) is 5.75 Å². The molecule has 0 saturated carbocycles. The number of hydrogen-bond donors (Lipinski definition) is 1. The summed E-state index contributed by atoms with van der Waals surface area (Å²) in [5.74, 6) is 0.676. The third-order valence-electron chi connectivity index (χ3n) is 4.88. The number of piperidine rings is 1. The summed E-state index contributed by atoms with van der Waals surface area (Å²) in [6, 6.07) is 7.49. The van der Waals surface area contributed by atoms with E-state index in [1.165, 1.54) is 19.3 Å². The molecule has 6 nitrogen and oxygen atoms in total. The van der Waals surface area contributed by atoms with Crippen LogP contribution in [0.2, 0.25) is 0 Å². The molecule has 6 heteroatoms. The second kappa shape index (κ2) is 13.4. The lowest BCUT2D eigenvalue weighted by molar-refractivity contribution is -0.0664. The van der Waals surface area contributed by atoms with E-state index in [1.54, 1.807) is 0 Å². The molecule has 1 atom stereocenters. The number of carbonyl (C=O) groups is 1. The lowest BCUT2D eigenvalue weighted by atomic mass is 10.1. The lowest BCUT2D eigenvalue weighted by Gasteiger charge is -2.33. The van der Waals surface area contributed by atoms with Crippen LogP contribution in [-0.2, 0) is 9.47 Å². The molecule has 0 aromatic heterocycles. The summed E-state index contributed by atoms with van der Waals surface area (Å²) in [6.45, 7) is 7.64. The minimum Gasteiger partial charge on any atom is -0.491 e. The van der Waals surface area contributed by atoms with E-state index < -0.39 is 6.09 Å². The van der Waals surface area contributed by atoms with E-state index in [9.17, 15) is 4.79 Å². The zero-order valence-electron chi connectivity index (χ0n) is 17.5. The van der Waals surface area contributed by atoms with Crippen LogP contribution in [0.4, 0.5) is 10.5 Å². The number of anilines is 1. The van der Waals surface area contributed by atoms with Crippen molar-refractivity contribution in [1.29, 1.82) is 0 Å². The minimum absolute atomic E-state index is 0.359. The molecular formula is C22H36N2O4. The van der Waals surface area contributed by atoms with E-state index >= 15 is 0 Å². The highest BCUT2D eigenvalue weighted by Crippen LogP contribution is 2.24. The first-order chi connectivity index (χ1) is 13.7. The van der Waals surface area contributed by atoms with Crippen molar-refractivity contribution < 1.29 is 19.0 Å². The Morgan fingerprint density at radius 3 is 2.64 bits per heavy atom. The van der Waals surface area contributed by atoms with Gasteiger partial charge in [-0.05, 0) is 38.3 Å². The molecular weight excluding hydrogens is 356 g/mol. The number of nitrogens with one attached hydrogen (secondary N) is 1. The molecule has 158 valence electrons. The molecule has 0 radical (unpaired) electrons. The molecule has 0 bridgehead atoms. The predicted octanol–water partition coefficient (Wildman–Crippen LogP) is 5.04. The van der Waals surface area contributed by atoms with Crippen molar-refractivity contribution in [3.05, 3.63) is 24.3 Å². The number of benzene rings is 1. The van der Waals surface area contributed by atoms with Crippen LogP contribution in [0.15, 0.2) is 24.3 Å². The fourth-order valence-corrected chi connectivity index (χ4v) is 3.31. The Bertz CT molecular complexity index is 561. The van der Waals surface area contributed by atoms with Gasteiger partial charge in [0.1, 0.15) is 5.75 Å². The lowest BCUT2D eigenvalue weighted by Crippen LogP contribution is -2.45. The molecule has 1 aromatic carbocycles. The molecule has 0 spiro atoms. The summed E-state index contributed by atoms with van der Waals surface area (Å²) in [4.78, 5) is 14.7. The van der Waals surface area contributed by atoms with Crippen LogP contribution < -0.4 is 10.1 Å². The zero-order chi connectivity index (χ0) is 20.0. The first-order valence-electron chi connectivity index (χ1n) is 10.8. The predicted molar refractivity (Wildman–Crippen MR) is 112 cm³/mol. The first-order valence-corrected chi connectivity index (χ1v) is 10.8. The second-order valence-electron chi connectivity index (χ2n) is 7.15. The summed E-state index contributed by atoms with van der Waals surface area (Å²) in [5, 5.41) is 2.84. The highest BCUT2D eigenvalue weighted by Gasteiger charge is 2.24. The molecule has 2 rings (SSSR count). The van der Waals surface area contributed by atoms with E-state index in [0.29, 0.717) is 31.3 Å². The number of amides is 1. The fourth-order valence-electron chi connectivity index (χ4n) is 3.31. The van der Waals surface area contributed by atoms with Crippen molar-refractivity contribution in [3.8, 4) is 5.75 Å². The van der Waals surface area contributed by atoms with Gasteiger partial charge in [-0.1, -0.05) is 44.7 Å². The smallest absolute Gasteiger partial charge is 0.413 e. The Labute approximate surface area is 169 Å². The van der Waals surface area contributed by atoms with E-state index in [0.717, 1.165) is 38.8 Å². The van der Waals surface area contributed by atoms with Crippen molar-refractivity contribution in [2.75, 3.05) is 38.2 Å². The maximum absolute atomic E-state index is 12.5. The number of carbonyl (C=O) groups excluding carboxylic acids is 1. The topological polar surface area (TPSA) is 60.0 Å². The molecule has 0 aliphatic carbocycles. The Morgan fingerprint density at radius 2 is 1.89 bits per heavy atom. The van der Waals surface area contributed by atoms with Gasteiger partial charge in [-0.2, -0.15) is 0 Å². The molecule has 28 heavy (non-hydrogen) atoms. The first kappa shape index (κ1) is 22.5. The fraction of sp³-hybridized carbons (Fsp3) is 0.682. The number of nitrogens with zero attached hydrogens (tertiary/aromatic N) is 1. The highest BCUT2D eigenvalue weighted by molar-refractivity contribution is 5.86. The highest BCUT2D eigenvalue weighted by atomic mass is 16.6. The van der Waals surface area contributed by atoms with Gasteiger partial charge in [-0.25, -0.2) is 4.79 Å². The van der Waals surface area contributed by atoms with Crippen molar-refractivity contribution in [2.45, 2.75) is 65.0 Å². The third-order valence-corrected chi connectivity index (χ3v) is 4.88. The molecule has 1 saturated heterocycles. The van der Waals surface area contributed by atoms with E-state index in [4.69, 9.17) is 14.2 Å². The Morgan fingerprint density at radius 1 is 1.11 bits per heavy atom. The van der Waals surface area contributed by atoms with E-state index in [2.05, 4.69) is 17.1 Å². The monoisotopic (exact) mass is 392 g/mol. The number of para-hydroxylation sites is 2. The van der Waals surface area contributed by atoms with Gasteiger partial charge >= 0.3 is 6.09 Å². The number of hydrogen-bond acceptors (Lipinski definition) is 5. The van der Waals surface area contributed by atoms with E-state index in [-0.39, 0.29) is 6.23 Å². The Hall–Kier alpha value is -1.79. The molecule has 1 amide bonds. The van der Waals surface area contributed by atoms with Crippen LogP contribution in [-0.4, -0.2) is 50.1 Å². The maximum Gasteiger partial charge on any atom is 0.413 e. The van der Waals surface area contributed by atoms with Gasteiger partial charge in [0.2, 0.25) is 0 Å². The summed E-state index contributed by atoms with van der Waals surface area (Å²) in [5.41, 5.74) is 0.636. The Balaban J connectivity index is 1.89. The van der Waals surface area contributed by atoms with Gasteiger partial charge < -0.3 is 14.2 Å². The van der Waals surface area contributed by atoms with Crippen molar-refractivity contribution in [2.24, 2.45) is 0 Å². The van der Waals surface area contributed by atoms with Crippen LogP contribution >= 0.6 is 0 Å². The molecule has 1 N–H and O–H groups in total. The normalized spacial score (nSPS) is 15.8. The molecule has 1 fully saturated rings. The van der Waals surface area contributed by atoms with Crippen molar-refractivity contribution in [1.82, 2.24) is 4.90 Å². The number of ether oxygens (including phenoxy) is 3. The number of unbranched alkanes of at least 4 members (excludes halogenated alkanes) is 3. The standard InChI is InChI=1S/C22H36N2O4/c1-3-5-6-12-17-27-20-14-9-8-13-19(20)23-22(25)28-21(18-26-4-2)24-15-10-7-11-16-24/h8-9,13-14,21H,3-7,10-12,15-18H2,1-2H3,(H,23,25). The van der Waals surface area contributed by atoms with E-state index in [1.807, 2.05) is 31.2 Å². The molecule has 1 aliphatic rings. The van der Waals surface area contributed by atoms with Crippen LogP contribution in [0, 0.1) is 0 Å². The van der Waals surface area contributed by atoms with Crippen LogP contribution in [0.1, 0.15) is 58.8 Å². The van der Waals surface area contributed by atoms with Gasteiger partial charge in [0.25, 0.3) is 0 Å². The van der Waals surface area contributed by atoms with Gasteiger partial charge in [0.05, 0.1) is 18.9 Å². The summed E-state index contributed by atoms with van der Waals surface area (Å²) in [6.07, 6.45) is 7.23. The quantitative estimate of drug-likeness (QED) is 0.505. The van der Waals surface area contributed by atoms with Gasteiger partial charge in [0, 0.05) is 19.7 Å². The van der Waals surface area contributed by atoms with Crippen molar-refractivity contribution in [3.63, 3.8) is 0 Å². The maximum atomic E-state index is 12.5. The largest absolute Gasteiger partial charge is 0.491 e. The van der Waals surface area contributed by atoms with Crippen molar-refractivity contribution >= 4 is 11.8 Å². The molecule has 1 aromatic rings. The average molecular weight is 393 g/mol. The molecule has 1 heterocycles. The summed E-state index contributed by atoms with van der Waals surface area (Å²) in [7, 11) is 0. The summed E-state index contributed by atoms with van der Waals surface area (Å²) >= 11 is 0. The van der Waals surface area contributed by atoms with Gasteiger partial charge in [0.15, 0.2) is 6.23 Å². The average Bonchev–Trinajstić information content (AvgIpc) is 2.72. The Kier molecular flexibility index (Phi) is 10.8. The summed E-state index contributed by atoms with van der Waals surface area (Å²) < 4.78 is 17.1. The SMILES string of the molecule is CCCCCCOc1ccccc1NC(=O)OC(COCC)N1CCCCC1. The third kappa shape index (κ3) is 8.07. The minimum atomic E-state index is -0.475. The zero-order valence-corrected chi connectivity index (χ0v) is 17.5. The molecule has 1 aliphatic heterocycles. The molecule has 1 unspecified atom stereocenters. The second-order valence-corrected chi connectivity index (χ2v) is 7.15. The van der Waals surface area contributed by atoms with Crippen LogP contribution in [0.25, 0.3) is 0 Å². The number of rotatable bonds is 12. The van der Waals surface area contributed by atoms with Gasteiger partial charge in [-0.3, -0.25) is 10.2 Å². The van der Waals surface area contributed by atoms with Gasteiger partial charge in [-0.15, -0.1) is 0 Å².